The summed E-state index contributed by atoms with van der Waals surface area (Å²) in [7, 11) is 0. The standard InChI is InChI=1S/C18H23N3O2/c1-12-16(13(2)21-20-12)7-5-9-19-18(22)15-10-14-6-3-4-8-17(14)23-11-15/h3-4,6,8,15H,5,7,9-11H2,1-2H3,(H,19,22)(H,20,21). The van der Waals surface area contributed by atoms with E-state index in [2.05, 4.69) is 15.5 Å². The average molecular weight is 313 g/mol. The van der Waals surface area contributed by atoms with Crippen LogP contribution in [-0.4, -0.2) is 29.3 Å². The number of nitrogens with zero attached hydrogens (tertiary/aromatic N) is 1. The van der Waals surface area contributed by atoms with E-state index in [1.54, 1.807) is 0 Å². The fourth-order valence-electron chi connectivity index (χ4n) is 3.06. The van der Waals surface area contributed by atoms with Gasteiger partial charge in [0.25, 0.3) is 0 Å². The van der Waals surface area contributed by atoms with E-state index in [0.29, 0.717) is 13.2 Å². The van der Waals surface area contributed by atoms with Gasteiger partial charge in [-0.2, -0.15) is 5.10 Å². The maximum absolute atomic E-state index is 12.3. The quantitative estimate of drug-likeness (QED) is 0.833. The van der Waals surface area contributed by atoms with Gasteiger partial charge in [0.1, 0.15) is 12.4 Å². The molecule has 122 valence electrons. The molecule has 0 fully saturated rings. The molecule has 2 heterocycles. The van der Waals surface area contributed by atoms with Crippen LogP contribution in [0.4, 0.5) is 0 Å². The number of amides is 1. The van der Waals surface area contributed by atoms with E-state index in [-0.39, 0.29) is 11.8 Å². The summed E-state index contributed by atoms with van der Waals surface area (Å²) in [5.74, 6) is 0.893. The van der Waals surface area contributed by atoms with Gasteiger partial charge in [-0.1, -0.05) is 18.2 Å². The molecule has 0 spiro atoms. The minimum atomic E-state index is -0.0951. The number of aryl methyl sites for hydroxylation is 2. The summed E-state index contributed by atoms with van der Waals surface area (Å²) in [6.07, 6.45) is 2.59. The second kappa shape index (κ2) is 6.86. The fraction of sp³-hybridized carbons (Fsp3) is 0.444. The first-order valence-electron chi connectivity index (χ1n) is 8.14. The Labute approximate surface area is 136 Å². The van der Waals surface area contributed by atoms with E-state index < -0.39 is 0 Å². The molecule has 1 aliphatic rings. The van der Waals surface area contributed by atoms with Gasteiger partial charge in [-0.05, 0) is 50.3 Å². The summed E-state index contributed by atoms with van der Waals surface area (Å²) in [5.41, 5.74) is 4.54. The first-order valence-corrected chi connectivity index (χ1v) is 8.14. The van der Waals surface area contributed by atoms with Crippen molar-refractivity contribution in [2.75, 3.05) is 13.2 Å². The number of para-hydroxylation sites is 1. The van der Waals surface area contributed by atoms with Crippen molar-refractivity contribution in [1.82, 2.24) is 15.5 Å². The molecule has 1 unspecified atom stereocenters. The van der Waals surface area contributed by atoms with Crippen LogP contribution in [0.5, 0.6) is 5.75 Å². The normalized spacial score (nSPS) is 16.5. The molecule has 2 aromatic rings. The third-order valence-electron chi connectivity index (χ3n) is 4.43. The van der Waals surface area contributed by atoms with Crippen LogP contribution < -0.4 is 10.1 Å². The van der Waals surface area contributed by atoms with Gasteiger partial charge in [-0.3, -0.25) is 9.89 Å². The molecule has 3 rings (SSSR count). The largest absolute Gasteiger partial charge is 0.492 e. The first-order chi connectivity index (χ1) is 11.1. The molecule has 2 N–H and O–H groups in total. The number of carbonyl (C=O) groups is 1. The van der Waals surface area contributed by atoms with Gasteiger partial charge in [-0.15, -0.1) is 0 Å². The molecule has 1 amide bonds. The van der Waals surface area contributed by atoms with Crippen LogP contribution >= 0.6 is 0 Å². The van der Waals surface area contributed by atoms with Crippen LogP contribution in [-0.2, 0) is 17.6 Å². The second-order valence-corrected chi connectivity index (χ2v) is 6.13. The Balaban J connectivity index is 1.45. The molecular weight excluding hydrogens is 290 g/mol. The van der Waals surface area contributed by atoms with E-state index >= 15 is 0 Å². The molecule has 5 nitrogen and oxygen atoms in total. The maximum Gasteiger partial charge on any atom is 0.226 e. The lowest BCUT2D eigenvalue weighted by Crippen LogP contribution is -2.37. The minimum absolute atomic E-state index is 0.0835. The maximum atomic E-state index is 12.3. The predicted molar refractivity (Wildman–Crippen MR) is 88.5 cm³/mol. The van der Waals surface area contributed by atoms with Gasteiger partial charge >= 0.3 is 0 Å². The molecular formula is C18H23N3O2. The minimum Gasteiger partial charge on any atom is -0.492 e. The molecule has 0 bridgehead atoms. The van der Waals surface area contributed by atoms with Gasteiger partial charge in [0.05, 0.1) is 11.6 Å². The SMILES string of the molecule is Cc1n[nH]c(C)c1CCCNC(=O)C1COc2ccccc2C1. The summed E-state index contributed by atoms with van der Waals surface area (Å²) < 4.78 is 5.68. The first kappa shape index (κ1) is 15.6. The van der Waals surface area contributed by atoms with Gasteiger partial charge in [0, 0.05) is 12.2 Å². The smallest absolute Gasteiger partial charge is 0.226 e. The van der Waals surface area contributed by atoms with E-state index in [1.807, 2.05) is 38.1 Å². The van der Waals surface area contributed by atoms with Crippen LogP contribution in [0.15, 0.2) is 24.3 Å². The fourth-order valence-corrected chi connectivity index (χ4v) is 3.06. The van der Waals surface area contributed by atoms with Crippen LogP contribution in [0, 0.1) is 19.8 Å². The lowest BCUT2D eigenvalue weighted by atomic mass is 9.96. The van der Waals surface area contributed by atoms with Gasteiger partial charge in [-0.25, -0.2) is 0 Å². The zero-order chi connectivity index (χ0) is 16.2. The monoisotopic (exact) mass is 313 g/mol. The summed E-state index contributed by atoms with van der Waals surface area (Å²) >= 11 is 0. The zero-order valence-electron chi connectivity index (χ0n) is 13.7. The van der Waals surface area contributed by atoms with Crippen molar-refractivity contribution in [3.8, 4) is 5.75 Å². The highest BCUT2D eigenvalue weighted by molar-refractivity contribution is 5.79. The third-order valence-corrected chi connectivity index (χ3v) is 4.43. The topological polar surface area (TPSA) is 67.0 Å². The molecule has 0 saturated carbocycles. The van der Waals surface area contributed by atoms with Crippen molar-refractivity contribution in [2.24, 2.45) is 5.92 Å². The number of nitrogens with one attached hydrogen (secondary N) is 2. The summed E-state index contributed by atoms with van der Waals surface area (Å²) in [4.78, 5) is 12.3. The van der Waals surface area contributed by atoms with Crippen molar-refractivity contribution in [1.29, 1.82) is 0 Å². The van der Waals surface area contributed by atoms with Crippen LogP contribution in [0.1, 0.15) is 28.9 Å². The molecule has 0 aliphatic carbocycles. The summed E-state index contributed by atoms with van der Waals surface area (Å²) in [6, 6.07) is 7.93. The highest BCUT2D eigenvalue weighted by Crippen LogP contribution is 2.26. The number of ether oxygens (including phenoxy) is 1. The van der Waals surface area contributed by atoms with Crippen LogP contribution in [0.3, 0.4) is 0 Å². The molecule has 23 heavy (non-hydrogen) atoms. The van der Waals surface area contributed by atoms with Crippen LogP contribution in [0.2, 0.25) is 0 Å². The van der Waals surface area contributed by atoms with Gasteiger partial charge in [0.2, 0.25) is 5.91 Å². The highest BCUT2D eigenvalue weighted by Gasteiger charge is 2.25. The summed E-state index contributed by atoms with van der Waals surface area (Å²) in [5, 5.41) is 10.2. The Morgan fingerprint density at radius 2 is 2.22 bits per heavy atom. The number of aromatic amines is 1. The molecule has 0 saturated heterocycles. The number of hydrogen-bond acceptors (Lipinski definition) is 3. The van der Waals surface area contributed by atoms with E-state index in [0.717, 1.165) is 42.0 Å². The van der Waals surface area contributed by atoms with Crippen molar-refractivity contribution in [3.63, 3.8) is 0 Å². The van der Waals surface area contributed by atoms with E-state index in [1.165, 1.54) is 5.56 Å². The molecule has 1 atom stereocenters. The molecule has 1 aromatic heterocycles. The van der Waals surface area contributed by atoms with Crippen molar-refractivity contribution in [3.05, 3.63) is 46.8 Å². The molecule has 0 radical (unpaired) electrons. The number of fused-ring (bicyclic) bond motifs is 1. The third kappa shape index (κ3) is 3.55. The number of carbonyl (C=O) groups excluding carboxylic acids is 1. The number of aromatic nitrogens is 2. The Hall–Kier alpha value is -2.30. The highest BCUT2D eigenvalue weighted by atomic mass is 16.5. The Bertz CT molecular complexity index is 674. The number of benzene rings is 1. The Morgan fingerprint density at radius 1 is 1.39 bits per heavy atom. The van der Waals surface area contributed by atoms with E-state index in [9.17, 15) is 4.79 Å². The average Bonchev–Trinajstić information content (AvgIpc) is 2.89. The van der Waals surface area contributed by atoms with Crippen molar-refractivity contribution in [2.45, 2.75) is 33.1 Å². The zero-order valence-corrected chi connectivity index (χ0v) is 13.7. The Morgan fingerprint density at radius 3 is 3.00 bits per heavy atom. The van der Waals surface area contributed by atoms with Crippen molar-refractivity contribution < 1.29 is 9.53 Å². The number of H-pyrrole nitrogens is 1. The molecule has 1 aromatic carbocycles. The Kier molecular flexibility index (Phi) is 4.65. The molecule has 1 aliphatic heterocycles. The van der Waals surface area contributed by atoms with E-state index in [4.69, 9.17) is 4.74 Å². The predicted octanol–water partition coefficient (Wildman–Crippen LogP) is 2.33. The number of hydrogen-bond donors (Lipinski definition) is 2. The van der Waals surface area contributed by atoms with Crippen LogP contribution in [0.25, 0.3) is 0 Å². The van der Waals surface area contributed by atoms with Gasteiger partial charge in [0.15, 0.2) is 0 Å². The second-order valence-electron chi connectivity index (χ2n) is 6.13. The lowest BCUT2D eigenvalue weighted by molar-refractivity contribution is -0.126. The number of rotatable bonds is 5. The van der Waals surface area contributed by atoms with Gasteiger partial charge < -0.3 is 10.1 Å². The molecule has 5 heteroatoms. The van der Waals surface area contributed by atoms with Crippen molar-refractivity contribution >= 4 is 5.91 Å². The lowest BCUT2D eigenvalue weighted by Gasteiger charge is -2.24. The summed E-state index contributed by atoms with van der Waals surface area (Å²) in [6.45, 7) is 5.18.